The van der Waals surface area contributed by atoms with E-state index in [9.17, 15) is 14.4 Å². The Bertz CT molecular complexity index is 743. The predicted octanol–water partition coefficient (Wildman–Crippen LogP) is 2.54. The molecule has 1 aromatic carbocycles. The second kappa shape index (κ2) is 8.24. The minimum Gasteiger partial charge on any atom is -0.340 e. The molecule has 2 heterocycles. The zero-order chi connectivity index (χ0) is 18.7. The van der Waals surface area contributed by atoms with Gasteiger partial charge in [0.2, 0.25) is 5.91 Å². The first-order valence-corrected chi connectivity index (χ1v) is 9.61. The quantitative estimate of drug-likeness (QED) is 0.736. The lowest BCUT2D eigenvalue weighted by Gasteiger charge is -2.32. The van der Waals surface area contributed by atoms with Crippen LogP contribution in [0.3, 0.4) is 0 Å². The van der Waals surface area contributed by atoms with Crippen LogP contribution in [0.15, 0.2) is 29.2 Å². The van der Waals surface area contributed by atoms with Crippen molar-refractivity contribution in [2.24, 2.45) is 0 Å². The number of hydrogen-bond acceptors (Lipinski definition) is 5. The summed E-state index contributed by atoms with van der Waals surface area (Å²) in [4.78, 5) is 42.4. The molecular formula is C18H20ClN3O3S. The van der Waals surface area contributed by atoms with Crippen LogP contribution in [-0.2, 0) is 9.59 Å². The van der Waals surface area contributed by atoms with Crippen molar-refractivity contribution in [2.75, 3.05) is 39.8 Å². The second-order valence-electron chi connectivity index (χ2n) is 6.32. The second-order valence-corrected chi connectivity index (χ2v) is 7.75. The molecule has 0 spiro atoms. The fourth-order valence-electron chi connectivity index (χ4n) is 2.82. The van der Waals surface area contributed by atoms with Gasteiger partial charge in [-0.25, -0.2) is 0 Å². The zero-order valence-corrected chi connectivity index (χ0v) is 16.1. The van der Waals surface area contributed by atoms with Crippen molar-refractivity contribution in [3.05, 3.63) is 39.8 Å². The van der Waals surface area contributed by atoms with Crippen LogP contribution in [0.4, 0.5) is 4.79 Å². The maximum atomic E-state index is 12.5. The maximum absolute atomic E-state index is 12.5. The third-order valence-corrected chi connectivity index (χ3v) is 5.61. The molecule has 6 nitrogen and oxygen atoms in total. The van der Waals surface area contributed by atoms with Crippen LogP contribution in [0.25, 0.3) is 6.08 Å². The number of halogens is 1. The van der Waals surface area contributed by atoms with Gasteiger partial charge in [-0.1, -0.05) is 23.7 Å². The first kappa shape index (κ1) is 18.9. The summed E-state index contributed by atoms with van der Waals surface area (Å²) in [5.41, 5.74) is 0.799. The van der Waals surface area contributed by atoms with E-state index in [0.717, 1.165) is 35.3 Å². The molecule has 0 N–H and O–H groups in total. The van der Waals surface area contributed by atoms with Crippen LogP contribution in [0.5, 0.6) is 0 Å². The van der Waals surface area contributed by atoms with Crippen molar-refractivity contribution >= 4 is 46.5 Å². The van der Waals surface area contributed by atoms with Gasteiger partial charge in [-0.2, -0.15) is 0 Å². The molecule has 3 amide bonds. The number of carbonyl (C=O) groups is 3. The van der Waals surface area contributed by atoms with E-state index in [0.29, 0.717) is 23.0 Å². The normalized spacial score (nSPS) is 20.3. The van der Waals surface area contributed by atoms with Gasteiger partial charge >= 0.3 is 0 Å². The summed E-state index contributed by atoms with van der Waals surface area (Å²) in [6.07, 6.45) is 1.83. The van der Waals surface area contributed by atoms with E-state index in [-0.39, 0.29) is 30.0 Å². The number of nitrogens with zero attached hydrogens (tertiary/aromatic N) is 3. The molecule has 26 heavy (non-hydrogen) atoms. The highest BCUT2D eigenvalue weighted by Crippen LogP contribution is 2.32. The lowest BCUT2D eigenvalue weighted by atomic mass is 10.2. The highest BCUT2D eigenvalue weighted by molar-refractivity contribution is 8.18. The number of amides is 3. The minimum atomic E-state index is -0.346. The fraction of sp³-hybridized carbons (Fsp3) is 0.389. The highest BCUT2D eigenvalue weighted by Gasteiger charge is 2.35. The van der Waals surface area contributed by atoms with Crippen LogP contribution in [0, 0.1) is 0 Å². The van der Waals surface area contributed by atoms with Gasteiger partial charge in [0.15, 0.2) is 0 Å². The Kier molecular flexibility index (Phi) is 6.01. The monoisotopic (exact) mass is 393 g/mol. The van der Waals surface area contributed by atoms with E-state index in [1.54, 1.807) is 35.2 Å². The Labute approximate surface area is 161 Å². The number of likely N-dealkylation sites (N-methyl/N-ethyl adjacent to an activating group) is 1. The Balaban J connectivity index is 1.59. The summed E-state index contributed by atoms with van der Waals surface area (Å²) in [6, 6.07) is 7.03. The molecule has 0 unspecified atom stereocenters. The first-order valence-electron chi connectivity index (χ1n) is 8.41. The van der Waals surface area contributed by atoms with E-state index < -0.39 is 0 Å². The van der Waals surface area contributed by atoms with Crippen molar-refractivity contribution < 1.29 is 14.4 Å². The standard InChI is InChI=1S/C18H20ClN3O3S/c1-20-8-10-21(11-9-20)16(23)6-7-22-17(24)15(26-18(22)25)12-13-2-4-14(19)5-3-13/h2-5,12H,6-11H2,1H3/b15-12+. The van der Waals surface area contributed by atoms with E-state index in [1.807, 2.05) is 7.05 Å². The van der Waals surface area contributed by atoms with Crippen LogP contribution < -0.4 is 0 Å². The third kappa shape index (κ3) is 4.47. The summed E-state index contributed by atoms with van der Waals surface area (Å²) in [7, 11) is 2.02. The lowest BCUT2D eigenvalue weighted by molar-refractivity contribution is -0.133. The molecule has 0 radical (unpaired) electrons. The average molecular weight is 394 g/mol. The average Bonchev–Trinajstić information content (AvgIpc) is 2.89. The number of carbonyl (C=O) groups excluding carboxylic acids is 3. The van der Waals surface area contributed by atoms with Crippen molar-refractivity contribution in [1.29, 1.82) is 0 Å². The molecule has 2 aliphatic rings. The van der Waals surface area contributed by atoms with E-state index >= 15 is 0 Å². The molecule has 1 aromatic rings. The Morgan fingerprint density at radius 1 is 1.15 bits per heavy atom. The van der Waals surface area contributed by atoms with E-state index in [4.69, 9.17) is 11.6 Å². The van der Waals surface area contributed by atoms with Gasteiger partial charge in [-0.05, 0) is 42.6 Å². The van der Waals surface area contributed by atoms with E-state index in [2.05, 4.69) is 4.90 Å². The smallest absolute Gasteiger partial charge is 0.293 e. The lowest BCUT2D eigenvalue weighted by Crippen LogP contribution is -2.47. The highest BCUT2D eigenvalue weighted by atomic mass is 35.5. The van der Waals surface area contributed by atoms with Gasteiger partial charge in [0.05, 0.1) is 4.91 Å². The largest absolute Gasteiger partial charge is 0.340 e. The van der Waals surface area contributed by atoms with Crippen LogP contribution in [0.1, 0.15) is 12.0 Å². The van der Waals surface area contributed by atoms with Gasteiger partial charge in [0.1, 0.15) is 0 Å². The van der Waals surface area contributed by atoms with E-state index in [1.165, 1.54) is 0 Å². The summed E-state index contributed by atoms with van der Waals surface area (Å²) in [6.45, 7) is 3.18. The molecule has 8 heteroatoms. The molecule has 3 rings (SSSR count). The van der Waals surface area contributed by atoms with Crippen LogP contribution in [-0.4, -0.2) is 71.5 Å². The topological polar surface area (TPSA) is 60.9 Å². The van der Waals surface area contributed by atoms with Crippen molar-refractivity contribution in [2.45, 2.75) is 6.42 Å². The number of piperazine rings is 1. The van der Waals surface area contributed by atoms with Gasteiger partial charge in [0.25, 0.3) is 11.1 Å². The summed E-state index contributed by atoms with van der Waals surface area (Å²) < 4.78 is 0. The van der Waals surface area contributed by atoms with Crippen molar-refractivity contribution in [3.8, 4) is 0 Å². The van der Waals surface area contributed by atoms with Gasteiger partial charge < -0.3 is 9.80 Å². The third-order valence-electron chi connectivity index (χ3n) is 4.45. The first-order chi connectivity index (χ1) is 12.4. The van der Waals surface area contributed by atoms with Crippen molar-refractivity contribution in [3.63, 3.8) is 0 Å². The van der Waals surface area contributed by atoms with Gasteiger partial charge in [-0.15, -0.1) is 0 Å². The molecule has 2 aliphatic heterocycles. The number of thioether (sulfide) groups is 1. The molecule has 0 aromatic heterocycles. The SMILES string of the molecule is CN1CCN(C(=O)CCN2C(=O)S/C(=C/c3ccc(Cl)cc3)C2=O)CC1. The molecule has 2 saturated heterocycles. The van der Waals surface area contributed by atoms with Gasteiger partial charge in [0, 0.05) is 44.2 Å². The summed E-state index contributed by atoms with van der Waals surface area (Å²) in [5.74, 6) is -0.361. The molecule has 138 valence electrons. The number of hydrogen-bond donors (Lipinski definition) is 0. The maximum Gasteiger partial charge on any atom is 0.293 e. The molecule has 0 atom stereocenters. The fourth-order valence-corrected chi connectivity index (χ4v) is 3.82. The summed E-state index contributed by atoms with van der Waals surface area (Å²) in [5, 5.41) is 0.277. The minimum absolute atomic E-state index is 0.0150. The Morgan fingerprint density at radius 2 is 1.81 bits per heavy atom. The van der Waals surface area contributed by atoms with Gasteiger partial charge in [-0.3, -0.25) is 19.3 Å². The molecular weight excluding hydrogens is 374 g/mol. The molecule has 0 saturated carbocycles. The predicted molar refractivity (Wildman–Crippen MR) is 103 cm³/mol. The molecule has 2 fully saturated rings. The number of imide groups is 1. The number of rotatable bonds is 4. The van der Waals surface area contributed by atoms with Crippen LogP contribution >= 0.6 is 23.4 Å². The summed E-state index contributed by atoms with van der Waals surface area (Å²) >= 11 is 6.75. The Morgan fingerprint density at radius 3 is 2.46 bits per heavy atom. The molecule has 0 bridgehead atoms. The molecule has 0 aliphatic carbocycles. The zero-order valence-electron chi connectivity index (χ0n) is 14.5. The van der Waals surface area contributed by atoms with Crippen LogP contribution in [0.2, 0.25) is 5.02 Å². The number of benzene rings is 1. The van der Waals surface area contributed by atoms with Crippen molar-refractivity contribution in [1.82, 2.24) is 14.7 Å². The Hall–Kier alpha value is -1.83.